The van der Waals surface area contributed by atoms with Crippen LogP contribution in [-0.4, -0.2) is 20.5 Å². The van der Waals surface area contributed by atoms with Gasteiger partial charge in [0.2, 0.25) is 5.13 Å². The minimum absolute atomic E-state index is 0.127. The summed E-state index contributed by atoms with van der Waals surface area (Å²) in [4.78, 5) is 22.5. The van der Waals surface area contributed by atoms with Crippen molar-refractivity contribution in [2.45, 2.75) is 26.7 Å². The minimum atomic E-state index is -0.127. The second kappa shape index (κ2) is 7.73. The van der Waals surface area contributed by atoms with Crippen LogP contribution in [0, 0.1) is 0 Å². The van der Waals surface area contributed by atoms with E-state index in [9.17, 15) is 4.79 Å². The summed E-state index contributed by atoms with van der Waals surface area (Å²) in [7, 11) is 0. The van der Waals surface area contributed by atoms with Crippen LogP contribution in [0.3, 0.4) is 0 Å². The van der Waals surface area contributed by atoms with Crippen LogP contribution in [0.1, 0.15) is 31.5 Å². The van der Waals surface area contributed by atoms with Crippen molar-refractivity contribution < 1.29 is 0 Å². The number of H-pyrrole nitrogens is 1. The molecule has 0 fully saturated rings. The third-order valence-corrected chi connectivity index (χ3v) is 5.70. The van der Waals surface area contributed by atoms with E-state index in [2.05, 4.69) is 22.0 Å². The summed E-state index contributed by atoms with van der Waals surface area (Å²) in [6.07, 6.45) is 1.68. The maximum atomic E-state index is 13.2. The average molecular weight is 411 g/mol. The average Bonchev–Trinajstić information content (AvgIpc) is 3.24. The molecule has 2 aromatic carbocycles. The van der Waals surface area contributed by atoms with Crippen molar-refractivity contribution in [3.8, 4) is 5.13 Å². The number of hydrogen-bond acceptors (Lipinski definition) is 4. The van der Waals surface area contributed by atoms with Gasteiger partial charge in [0.05, 0.1) is 27.2 Å². The molecule has 0 amide bonds. The maximum absolute atomic E-state index is 13.2. The van der Waals surface area contributed by atoms with Gasteiger partial charge in [-0.1, -0.05) is 48.4 Å². The molecule has 0 saturated heterocycles. The second-order valence-corrected chi connectivity index (χ2v) is 7.94. The van der Waals surface area contributed by atoms with Crippen LogP contribution in [0.25, 0.3) is 15.3 Å². The quantitative estimate of drug-likeness (QED) is 0.440. The lowest BCUT2D eigenvalue weighted by Gasteiger charge is -2.01. The molecule has 2 heterocycles. The molecule has 0 bridgehead atoms. The van der Waals surface area contributed by atoms with Crippen LogP contribution in [-0.2, 0) is 6.42 Å². The van der Waals surface area contributed by atoms with Crippen molar-refractivity contribution in [3.63, 3.8) is 0 Å². The molecule has 0 atom stereocenters. The van der Waals surface area contributed by atoms with Crippen LogP contribution >= 0.6 is 22.9 Å². The summed E-state index contributed by atoms with van der Waals surface area (Å²) in [5.41, 5.74) is 3.67. The SMILES string of the molecule is CCCc1[nH]n(-c2nc3ccccc3s2)c(=O)c1C(C)=Nc1ccc(Cl)cc1. The molecule has 0 aliphatic heterocycles. The summed E-state index contributed by atoms with van der Waals surface area (Å²) in [6, 6.07) is 15.1. The molecule has 0 saturated carbocycles. The normalized spacial score (nSPS) is 12.0. The van der Waals surface area contributed by atoms with E-state index < -0.39 is 0 Å². The molecule has 0 spiro atoms. The highest BCUT2D eigenvalue weighted by Gasteiger charge is 2.19. The lowest BCUT2D eigenvalue weighted by molar-refractivity contribution is 0.790. The van der Waals surface area contributed by atoms with Gasteiger partial charge in [-0.15, -0.1) is 0 Å². The third kappa shape index (κ3) is 3.53. The Kier molecular flexibility index (Phi) is 5.15. The lowest BCUT2D eigenvalue weighted by atomic mass is 10.1. The zero-order valence-corrected chi connectivity index (χ0v) is 17.1. The van der Waals surface area contributed by atoms with Gasteiger partial charge in [-0.25, -0.2) is 4.98 Å². The number of benzene rings is 2. The molecule has 142 valence electrons. The molecule has 7 heteroatoms. The molecule has 1 N–H and O–H groups in total. The number of rotatable bonds is 5. The molecule has 0 radical (unpaired) electrons. The summed E-state index contributed by atoms with van der Waals surface area (Å²) >= 11 is 7.44. The van der Waals surface area contributed by atoms with E-state index in [-0.39, 0.29) is 5.56 Å². The van der Waals surface area contributed by atoms with Gasteiger partial charge in [0.15, 0.2) is 0 Å². The number of hydrogen-bond donors (Lipinski definition) is 1. The molecular weight excluding hydrogens is 392 g/mol. The van der Waals surface area contributed by atoms with Gasteiger partial charge in [-0.05, 0) is 49.7 Å². The predicted molar refractivity (Wildman–Crippen MR) is 117 cm³/mol. The number of nitrogens with one attached hydrogen (secondary N) is 1. The number of aliphatic imine (C=N–C) groups is 1. The number of nitrogens with zero attached hydrogens (tertiary/aromatic N) is 3. The number of aromatic amines is 1. The summed E-state index contributed by atoms with van der Waals surface area (Å²) in [5.74, 6) is 0. The largest absolute Gasteiger partial charge is 0.292 e. The van der Waals surface area contributed by atoms with E-state index in [0.29, 0.717) is 21.4 Å². The number of thiazole rings is 1. The molecule has 4 rings (SSSR count). The Labute approximate surface area is 171 Å². The minimum Gasteiger partial charge on any atom is -0.292 e. The van der Waals surface area contributed by atoms with Crippen LogP contribution in [0.4, 0.5) is 5.69 Å². The number of halogens is 1. The highest BCUT2D eigenvalue weighted by atomic mass is 35.5. The summed E-state index contributed by atoms with van der Waals surface area (Å²) in [6.45, 7) is 3.95. The zero-order valence-electron chi connectivity index (χ0n) is 15.6. The van der Waals surface area contributed by atoms with Gasteiger partial charge in [0, 0.05) is 10.7 Å². The second-order valence-electron chi connectivity index (χ2n) is 6.49. The summed E-state index contributed by atoms with van der Waals surface area (Å²) < 4.78 is 2.58. The van der Waals surface area contributed by atoms with Crippen molar-refractivity contribution >= 4 is 44.6 Å². The van der Waals surface area contributed by atoms with Gasteiger partial charge in [-0.2, -0.15) is 4.68 Å². The molecule has 0 aliphatic carbocycles. The van der Waals surface area contributed by atoms with Crippen LogP contribution in [0.15, 0.2) is 58.3 Å². The standard InChI is InChI=1S/C21H19ClN4OS/c1-3-6-17-19(13(2)23-15-11-9-14(22)10-12-15)20(27)26(25-17)21-24-16-7-4-5-8-18(16)28-21/h4-5,7-12,25H,3,6H2,1-2H3. The van der Waals surface area contributed by atoms with E-state index in [1.807, 2.05) is 43.3 Å². The van der Waals surface area contributed by atoms with Gasteiger partial charge >= 0.3 is 0 Å². The van der Waals surface area contributed by atoms with E-state index >= 15 is 0 Å². The Balaban J connectivity index is 1.82. The smallest absolute Gasteiger partial charge is 0.282 e. The van der Waals surface area contributed by atoms with E-state index in [0.717, 1.165) is 34.4 Å². The molecule has 5 nitrogen and oxygen atoms in total. The monoisotopic (exact) mass is 410 g/mol. The number of aryl methyl sites for hydroxylation is 1. The molecule has 0 aliphatic rings. The van der Waals surface area contributed by atoms with Gasteiger partial charge < -0.3 is 0 Å². The zero-order chi connectivity index (χ0) is 19.7. The van der Waals surface area contributed by atoms with Crippen LogP contribution in [0.5, 0.6) is 0 Å². The molecular formula is C21H19ClN4OS. The maximum Gasteiger partial charge on any atom is 0.282 e. The Bertz CT molecular complexity index is 1180. The predicted octanol–water partition coefficient (Wildman–Crippen LogP) is 5.52. The molecule has 28 heavy (non-hydrogen) atoms. The van der Waals surface area contributed by atoms with Crippen molar-refractivity contribution in [2.75, 3.05) is 0 Å². The third-order valence-electron chi connectivity index (χ3n) is 4.42. The van der Waals surface area contributed by atoms with Gasteiger partial charge in [0.1, 0.15) is 0 Å². The number of fused-ring (bicyclic) bond motifs is 1. The van der Waals surface area contributed by atoms with Crippen molar-refractivity contribution in [1.29, 1.82) is 0 Å². The molecule has 2 aromatic heterocycles. The Morgan fingerprint density at radius 1 is 1.21 bits per heavy atom. The molecule has 0 unspecified atom stereocenters. The summed E-state index contributed by atoms with van der Waals surface area (Å²) in [5, 5.41) is 4.54. The van der Waals surface area contributed by atoms with Crippen molar-refractivity contribution in [3.05, 3.63) is 75.2 Å². The highest BCUT2D eigenvalue weighted by molar-refractivity contribution is 7.20. The Morgan fingerprint density at radius 3 is 2.68 bits per heavy atom. The molecule has 4 aromatic rings. The Morgan fingerprint density at radius 2 is 1.96 bits per heavy atom. The van der Waals surface area contributed by atoms with Gasteiger partial charge in [0.25, 0.3) is 5.56 Å². The fourth-order valence-electron chi connectivity index (χ4n) is 3.14. The first-order valence-electron chi connectivity index (χ1n) is 9.08. The highest BCUT2D eigenvalue weighted by Crippen LogP contribution is 2.24. The Hall–Kier alpha value is -2.70. The first kappa shape index (κ1) is 18.7. The van der Waals surface area contributed by atoms with Crippen LogP contribution in [0.2, 0.25) is 5.02 Å². The van der Waals surface area contributed by atoms with Gasteiger partial charge in [-0.3, -0.25) is 14.9 Å². The number of aromatic nitrogens is 3. The lowest BCUT2D eigenvalue weighted by Crippen LogP contribution is -2.19. The fourth-order valence-corrected chi connectivity index (χ4v) is 4.19. The number of para-hydroxylation sites is 1. The first-order valence-corrected chi connectivity index (χ1v) is 10.3. The van der Waals surface area contributed by atoms with Crippen molar-refractivity contribution in [1.82, 2.24) is 14.8 Å². The first-order chi connectivity index (χ1) is 13.6. The van der Waals surface area contributed by atoms with Crippen molar-refractivity contribution in [2.24, 2.45) is 4.99 Å². The van der Waals surface area contributed by atoms with E-state index in [4.69, 9.17) is 11.6 Å². The van der Waals surface area contributed by atoms with Crippen LogP contribution < -0.4 is 5.56 Å². The topological polar surface area (TPSA) is 63.0 Å². The fraction of sp³-hybridized carbons (Fsp3) is 0.190. The van der Waals surface area contributed by atoms with E-state index in [1.165, 1.54) is 16.0 Å². The van der Waals surface area contributed by atoms with E-state index in [1.54, 1.807) is 12.1 Å².